The SMILES string of the molecule is Nc1c(O)ccc(C=O)c1O. The summed E-state index contributed by atoms with van der Waals surface area (Å²) >= 11 is 0. The predicted octanol–water partition coefficient (Wildman–Crippen LogP) is 0.492. The monoisotopic (exact) mass is 153 g/mol. The second-order valence-electron chi connectivity index (χ2n) is 2.05. The Morgan fingerprint density at radius 3 is 2.55 bits per heavy atom. The summed E-state index contributed by atoms with van der Waals surface area (Å²) in [4.78, 5) is 10.2. The van der Waals surface area contributed by atoms with Gasteiger partial charge in [0, 0.05) is 0 Å². The highest BCUT2D eigenvalue weighted by molar-refractivity contribution is 5.84. The highest BCUT2D eigenvalue weighted by Gasteiger charge is 2.06. The first kappa shape index (κ1) is 7.40. The summed E-state index contributed by atoms with van der Waals surface area (Å²) in [5, 5.41) is 18.0. The average molecular weight is 153 g/mol. The quantitative estimate of drug-likeness (QED) is 0.311. The summed E-state index contributed by atoms with van der Waals surface area (Å²) < 4.78 is 0. The van der Waals surface area contributed by atoms with Gasteiger partial charge in [-0.25, -0.2) is 0 Å². The zero-order valence-electron chi connectivity index (χ0n) is 5.61. The van der Waals surface area contributed by atoms with Crippen molar-refractivity contribution in [2.45, 2.75) is 0 Å². The fraction of sp³-hybridized carbons (Fsp3) is 0. The number of nitrogens with two attached hydrogens (primary N) is 1. The molecule has 0 aliphatic rings. The molecule has 0 bridgehead atoms. The predicted molar refractivity (Wildman–Crippen MR) is 39.6 cm³/mol. The number of phenols is 2. The van der Waals surface area contributed by atoms with Crippen molar-refractivity contribution < 1.29 is 15.0 Å². The molecule has 1 aromatic rings. The molecule has 0 heterocycles. The van der Waals surface area contributed by atoms with Gasteiger partial charge in [-0.1, -0.05) is 0 Å². The fourth-order valence-electron chi connectivity index (χ4n) is 0.709. The molecule has 4 nitrogen and oxygen atoms in total. The normalized spacial score (nSPS) is 9.45. The molecule has 0 aliphatic carbocycles. The molecule has 1 rings (SSSR count). The molecule has 4 N–H and O–H groups in total. The van der Waals surface area contributed by atoms with Crippen LogP contribution in [0.3, 0.4) is 0 Å². The van der Waals surface area contributed by atoms with Gasteiger partial charge >= 0.3 is 0 Å². The number of carbonyl (C=O) groups is 1. The van der Waals surface area contributed by atoms with E-state index in [4.69, 9.17) is 15.9 Å². The number of aromatic hydroxyl groups is 2. The summed E-state index contributed by atoms with van der Waals surface area (Å²) in [7, 11) is 0. The molecule has 0 aromatic heterocycles. The van der Waals surface area contributed by atoms with E-state index in [0.717, 1.165) is 0 Å². The maximum absolute atomic E-state index is 10.2. The zero-order valence-corrected chi connectivity index (χ0v) is 5.61. The first-order valence-corrected chi connectivity index (χ1v) is 2.92. The zero-order chi connectivity index (χ0) is 8.43. The van der Waals surface area contributed by atoms with Gasteiger partial charge in [0.2, 0.25) is 0 Å². The van der Waals surface area contributed by atoms with Crippen LogP contribution in [0.5, 0.6) is 11.5 Å². The van der Waals surface area contributed by atoms with E-state index in [1.807, 2.05) is 0 Å². The van der Waals surface area contributed by atoms with Crippen molar-refractivity contribution >= 4 is 12.0 Å². The number of benzene rings is 1. The van der Waals surface area contributed by atoms with Crippen LogP contribution in [0.25, 0.3) is 0 Å². The maximum atomic E-state index is 10.2. The lowest BCUT2D eigenvalue weighted by Gasteiger charge is -2.02. The number of anilines is 1. The van der Waals surface area contributed by atoms with Crippen LogP contribution in [-0.4, -0.2) is 16.5 Å². The Morgan fingerprint density at radius 1 is 1.36 bits per heavy atom. The molecule has 11 heavy (non-hydrogen) atoms. The number of aldehydes is 1. The Kier molecular flexibility index (Phi) is 1.68. The van der Waals surface area contributed by atoms with Crippen molar-refractivity contribution in [3.8, 4) is 11.5 Å². The van der Waals surface area contributed by atoms with E-state index < -0.39 is 0 Å². The second-order valence-corrected chi connectivity index (χ2v) is 2.05. The molecule has 0 radical (unpaired) electrons. The lowest BCUT2D eigenvalue weighted by atomic mass is 10.2. The van der Waals surface area contributed by atoms with Crippen LogP contribution < -0.4 is 5.73 Å². The number of carbonyl (C=O) groups excluding carboxylic acids is 1. The summed E-state index contributed by atoms with van der Waals surface area (Å²) in [5.74, 6) is -0.604. The molecule has 0 unspecified atom stereocenters. The summed E-state index contributed by atoms with van der Waals surface area (Å²) in [6.45, 7) is 0. The minimum absolute atomic E-state index is 0.0697. The lowest BCUT2D eigenvalue weighted by Crippen LogP contribution is -1.90. The van der Waals surface area contributed by atoms with E-state index >= 15 is 0 Å². The first-order valence-electron chi connectivity index (χ1n) is 2.92. The smallest absolute Gasteiger partial charge is 0.153 e. The highest BCUT2D eigenvalue weighted by atomic mass is 16.3. The van der Waals surface area contributed by atoms with E-state index in [1.54, 1.807) is 0 Å². The molecule has 0 saturated carbocycles. The van der Waals surface area contributed by atoms with Gasteiger partial charge < -0.3 is 15.9 Å². The van der Waals surface area contributed by atoms with E-state index in [1.165, 1.54) is 12.1 Å². The van der Waals surface area contributed by atoms with Crippen molar-refractivity contribution in [2.24, 2.45) is 0 Å². The molecule has 0 spiro atoms. The van der Waals surface area contributed by atoms with Crippen LogP contribution in [0.4, 0.5) is 5.69 Å². The van der Waals surface area contributed by atoms with Gasteiger partial charge in [-0.15, -0.1) is 0 Å². The van der Waals surface area contributed by atoms with E-state index in [-0.39, 0.29) is 22.7 Å². The van der Waals surface area contributed by atoms with Crippen molar-refractivity contribution in [1.82, 2.24) is 0 Å². The molecule has 58 valence electrons. The number of hydrogen-bond donors (Lipinski definition) is 3. The number of rotatable bonds is 1. The van der Waals surface area contributed by atoms with Gasteiger partial charge in [0.1, 0.15) is 11.4 Å². The van der Waals surface area contributed by atoms with Crippen molar-refractivity contribution in [1.29, 1.82) is 0 Å². The second kappa shape index (κ2) is 2.49. The molecular formula is C7H7NO3. The van der Waals surface area contributed by atoms with E-state index in [2.05, 4.69) is 0 Å². The highest BCUT2D eigenvalue weighted by Crippen LogP contribution is 2.31. The molecule has 0 saturated heterocycles. The van der Waals surface area contributed by atoms with Gasteiger partial charge in [0.05, 0.1) is 5.56 Å². The van der Waals surface area contributed by atoms with Crippen molar-refractivity contribution in [3.05, 3.63) is 17.7 Å². The number of hydrogen-bond acceptors (Lipinski definition) is 4. The largest absolute Gasteiger partial charge is 0.506 e. The van der Waals surface area contributed by atoms with Crippen molar-refractivity contribution in [2.75, 3.05) is 5.73 Å². The van der Waals surface area contributed by atoms with Crippen LogP contribution >= 0.6 is 0 Å². The fourth-order valence-corrected chi connectivity index (χ4v) is 0.709. The van der Waals surface area contributed by atoms with Crippen molar-refractivity contribution in [3.63, 3.8) is 0 Å². The minimum atomic E-state index is -0.375. The van der Waals surface area contributed by atoms with Crippen LogP contribution in [0, 0.1) is 0 Å². The molecular weight excluding hydrogens is 146 g/mol. The standard InChI is InChI=1S/C7H7NO3/c8-6-5(10)2-1-4(3-9)7(6)11/h1-3,10-11H,8H2. The molecule has 1 aromatic carbocycles. The lowest BCUT2D eigenvalue weighted by molar-refractivity contribution is 0.112. The third-order valence-corrected chi connectivity index (χ3v) is 1.35. The molecule has 0 aliphatic heterocycles. The van der Waals surface area contributed by atoms with Crippen LogP contribution in [0.2, 0.25) is 0 Å². The molecule has 4 heteroatoms. The van der Waals surface area contributed by atoms with Crippen LogP contribution in [0.1, 0.15) is 10.4 Å². The molecule has 0 fully saturated rings. The first-order chi connectivity index (χ1) is 5.16. The Labute approximate surface area is 62.9 Å². The molecule has 0 atom stereocenters. The number of nitrogen functional groups attached to an aromatic ring is 1. The number of phenolic OH excluding ortho intramolecular Hbond substituents is 2. The Morgan fingerprint density at radius 2 is 2.00 bits per heavy atom. The van der Waals surface area contributed by atoms with Gasteiger partial charge in [0.25, 0.3) is 0 Å². The van der Waals surface area contributed by atoms with Gasteiger partial charge in [-0.05, 0) is 12.1 Å². The van der Waals surface area contributed by atoms with Crippen LogP contribution in [-0.2, 0) is 0 Å². The summed E-state index contributed by atoms with van der Waals surface area (Å²) in [6, 6.07) is 2.53. The van der Waals surface area contributed by atoms with E-state index in [0.29, 0.717) is 6.29 Å². The summed E-state index contributed by atoms with van der Waals surface area (Å²) in [5.41, 5.74) is 5.10. The third kappa shape index (κ3) is 1.10. The van der Waals surface area contributed by atoms with Gasteiger partial charge in [0.15, 0.2) is 12.0 Å². The summed E-state index contributed by atoms with van der Waals surface area (Å²) in [6.07, 6.45) is 0.463. The Bertz CT molecular complexity index is 296. The maximum Gasteiger partial charge on any atom is 0.153 e. The van der Waals surface area contributed by atoms with E-state index in [9.17, 15) is 4.79 Å². The Balaban J connectivity index is 3.36. The molecule has 0 amide bonds. The Hall–Kier alpha value is -1.71. The topological polar surface area (TPSA) is 83.5 Å². The average Bonchev–Trinajstić information content (AvgIpc) is 2.01. The third-order valence-electron chi connectivity index (χ3n) is 1.35. The van der Waals surface area contributed by atoms with Gasteiger partial charge in [-0.3, -0.25) is 4.79 Å². The minimum Gasteiger partial charge on any atom is -0.506 e. The van der Waals surface area contributed by atoms with Crippen LogP contribution in [0.15, 0.2) is 12.1 Å². The van der Waals surface area contributed by atoms with Gasteiger partial charge in [-0.2, -0.15) is 0 Å².